The summed E-state index contributed by atoms with van der Waals surface area (Å²) in [7, 11) is 1.60. The third-order valence-electron chi connectivity index (χ3n) is 5.88. The maximum Gasteiger partial charge on any atom is 0.263 e. The SMILES string of the molecule is CCN(Cc1cccc(F)c1)C(=O)CSc1nc2sc3c(c2c(=O)n1CCOC)CCCC3. The molecule has 0 saturated carbocycles. The molecule has 0 unspecified atom stereocenters. The molecule has 0 aliphatic heterocycles. The molecule has 33 heavy (non-hydrogen) atoms. The van der Waals surface area contributed by atoms with E-state index >= 15 is 0 Å². The fourth-order valence-corrected chi connectivity index (χ4v) is 6.39. The highest BCUT2D eigenvalue weighted by Crippen LogP contribution is 2.34. The van der Waals surface area contributed by atoms with Crippen LogP contribution in [0.5, 0.6) is 0 Å². The standard InChI is InChI=1S/C24H28FN3O3S2/c1-3-27(14-16-7-6-8-17(25)13-16)20(29)15-32-24-26-22-21(23(30)28(24)11-12-31-2)18-9-4-5-10-19(18)33-22/h6-8,13H,3-5,9-12,14-15H2,1-2H3. The fourth-order valence-electron chi connectivity index (χ4n) is 4.16. The number of aromatic nitrogens is 2. The van der Waals surface area contributed by atoms with Crippen molar-refractivity contribution in [3.8, 4) is 0 Å². The Bertz CT molecular complexity index is 1210. The summed E-state index contributed by atoms with van der Waals surface area (Å²) in [6.45, 7) is 3.53. The van der Waals surface area contributed by atoms with E-state index in [4.69, 9.17) is 9.72 Å². The molecule has 3 aromatic rings. The molecule has 1 amide bonds. The van der Waals surface area contributed by atoms with Crippen molar-refractivity contribution in [3.63, 3.8) is 0 Å². The van der Waals surface area contributed by atoms with Crippen LogP contribution in [0.3, 0.4) is 0 Å². The lowest BCUT2D eigenvalue weighted by molar-refractivity contribution is -0.128. The Kier molecular flexibility index (Phi) is 7.82. The first-order chi connectivity index (χ1) is 16.0. The lowest BCUT2D eigenvalue weighted by Gasteiger charge is -2.21. The van der Waals surface area contributed by atoms with Gasteiger partial charge in [0.25, 0.3) is 5.56 Å². The second-order valence-electron chi connectivity index (χ2n) is 8.06. The number of thiophene rings is 1. The smallest absolute Gasteiger partial charge is 0.263 e. The van der Waals surface area contributed by atoms with Gasteiger partial charge in [-0.15, -0.1) is 11.3 Å². The molecular weight excluding hydrogens is 461 g/mol. The molecule has 1 aromatic carbocycles. The molecule has 2 heterocycles. The van der Waals surface area contributed by atoms with Gasteiger partial charge in [0.05, 0.1) is 24.3 Å². The van der Waals surface area contributed by atoms with Crippen LogP contribution in [0.15, 0.2) is 34.2 Å². The minimum absolute atomic E-state index is 0.0430. The van der Waals surface area contributed by atoms with E-state index in [0.717, 1.165) is 47.0 Å². The highest BCUT2D eigenvalue weighted by molar-refractivity contribution is 7.99. The maximum absolute atomic E-state index is 13.5. The number of amides is 1. The summed E-state index contributed by atoms with van der Waals surface area (Å²) in [5, 5.41) is 1.28. The minimum Gasteiger partial charge on any atom is -0.383 e. The van der Waals surface area contributed by atoms with E-state index in [2.05, 4.69) is 0 Å². The van der Waals surface area contributed by atoms with Crippen molar-refractivity contribution in [1.29, 1.82) is 0 Å². The van der Waals surface area contributed by atoms with Gasteiger partial charge >= 0.3 is 0 Å². The zero-order valence-corrected chi connectivity index (χ0v) is 20.6. The van der Waals surface area contributed by atoms with Crippen LogP contribution in [0.2, 0.25) is 0 Å². The third kappa shape index (κ3) is 5.31. The summed E-state index contributed by atoms with van der Waals surface area (Å²) in [6.07, 6.45) is 4.17. The van der Waals surface area contributed by atoms with E-state index in [1.165, 1.54) is 28.8 Å². The molecule has 0 spiro atoms. The maximum atomic E-state index is 13.5. The zero-order valence-electron chi connectivity index (χ0n) is 18.9. The van der Waals surface area contributed by atoms with Crippen molar-refractivity contribution >= 4 is 39.2 Å². The summed E-state index contributed by atoms with van der Waals surface area (Å²) in [4.78, 5) is 34.9. The second kappa shape index (κ2) is 10.8. The zero-order chi connectivity index (χ0) is 23.4. The normalized spacial score (nSPS) is 13.3. The Morgan fingerprint density at radius 3 is 2.91 bits per heavy atom. The first kappa shape index (κ1) is 23.9. The van der Waals surface area contributed by atoms with Gasteiger partial charge in [-0.2, -0.15) is 0 Å². The van der Waals surface area contributed by atoms with Gasteiger partial charge in [-0.25, -0.2) is 9.37 Å². The molecule has 176 valence electrons. The molecule has 0 N–H and O–H groups in total. The number of aryl methyl sites for hydroxylation is 2. The number of carbonyl (C=O) groups is 1. The van der Waals surface area contributed by atoms with Gasteiger partial charge in [0.1, 0.15) is 10.6 Å². The highest BCUT2D eigenvalue weighted by atomic mass is 32.2. The molecular formula is C24H28FN3O3S2. The quantitative estimate of drug-likeness (QED) is 0.332. The number of halogens is 1. The van der Waals surface area contributed by atoms with Gasteiger partial charge in [0.15, 0.2) is 5.16 Å². The van der Waals surface area contributed by atoms with Gasteiger partial charge in [0, 0.05) is 25.1 Å². The number of rotatable bonds is 9. The molecule has 1 aliphatic rings. The molecule has 6 nitrogen and oxygen atoms in total. The summed E-state index contributed by atoms with van der Waals surface area (Å²) < 4.78 is 20.4. The molecule has 2 aromatic heterocycles. The lowest BCUT2D eigenvalue weighted by atomic mass is 9.97. The van der Waals surface area contributed by atoms with Crippen molar-refractivity contribution in [2.24, 2.45) is 0 Å². The number of fused-ring (bicyclic) bond motifs is 3. The number of hydrogen-bond donors (Lipinski definition) is 0. The van der Waals surface area contributed by atoms with Gasteiger partial charge in [0.2, 0.25) is 5.91 Å². The third-order valence-corrected chi connectivity index (χ3v) is 8.03. The van der Waals surface area contributed by atoms with E-state index in [1.807, 2.05) is 13.0 Å². The van der Waals surface area contributed by atoms with Crippen LogP contribution < -0.4 is 5.56 Å². The number of nitrogens with zero attached hydrogens (tertiary/aromatic N) is 3. The number of thioether (sulfide) groups is 1. The van der Waals surface area contributed by atoms with Gasteiger partial charge in [-0.05, 0) is 55.9 Å². The van der Waals surface area contributed by atoms with Crippen LogP contribution in [0.1, 0.15) is 35.8 Å². The van der Waals surface area contributed by atoms with Gasteiger partial charge in [-0.1, -0.05) is 23.9 Å². The monoisotopic (exact) mass is 489 g/mol. The Labute approximate surface area is 200 Å². The number of methoxy groups -OCH3 is 1. The van der Waals surface area contributed by atoms with Crippen LogP contribution in [0.4, 0.5) is 4.39 Å². The van der Waals surface area contributed by atoms with E-state index in [0.29, 0.717) is 31.4 Å². The number of benzene rings is 1. The molecule has 9 heteroatoms. The molecule has 4 rings (SSSR count). The molecule has 0 radical (unpaired) electrons. The average Bonchev–Trinajstić information content (AvgIpc) is 3.19. The van der Waals surface area contributed by atoms with E-state index < -0.39 is 0 Å². The summed E-state index contributed by atoms with van der Waals surface area (Å²) in [5.41, 5.74) is 1.86. The second-order valence-corrected chi connectivity index (χ2v) is 10.1. The van der Waals surface area contributed by atoms with Crippen molar-refractivity contribution in [2.75, 3.05) is 26.0 Å². The molecule has 0 fully saturated rings. The number of hydrogen-bond acceptors (Lipinski definition) is 6. The van der Waals surface area contributed by atoms with Gasteiger partial charge in [-0.3, -0.25) is 14.2 Å². The number of ether oxygens (including phenoxy) is 1. The summed E-state index contributed by atoms with van der Waals surface area (Å²) in [6, 6.07) is 6.29. The van der Waals surface area contributed by atoms with Crippen LogP contribution >= 0.6 is 23.1 Å². The minimum atomic E-state index is -0.316. The largest absolute Gasteiger partial charge is 0.383 e. The molecule has 1 aliphatic carbocycles. The summed E-state index contributed by atoms with van der Waals surface area (Å²) >= 11 is 2.88. The van der Waals surface area contributed by atoms with Crippen LogP contribution in [-0.4, -0.2) is 46.4 Å². The Morgan fingerprint density at radius 2 is 2.15 bits per heavy atom. The molecule has 0 saturated heterocycles. The number of carbonyl (C=O) groups excluding carboxylic acids is 1. The van der Waals surface area contributed by atoms with Crippen molar-refractivity contribution in [2.45, 2.75) is 50.9 Å². The highest BCUT2D eigenvalue weighted by Gasteiger charge is 2.23. The average molecular weight is 490 g/mol. The van der Waals surface area contributed by atoms with Crippen LogP contribution in [-0.2, 0) is 35.5 Å². The Hall–Kier alpha value is -2.23. The molecule has 0 atom stereocenters. The van der Waals surface area contributed by atoms with Crippen molar-refractivity contribution in [3.05, 3.63) is 56.4 Å². The Balaban J connectivity index is 1.57. The first-order valence-electron chi connectivity index (χ1n) is 11.2. The van der Waals surface area contributed by atoms with E-state index in [-0.39, 0.29) is 23.0 Å². The van der Waals surface area contributed by atoms with Crippen LogP contribution in [0, 0.1) is 5.82 Å². The van der Waals surface area contributed by atoms with E-state index in [9.17, 15) is 14.0 Å². The fraction of sp³-hybridized carbons (Fsp3) is 0.458. The Morgan fingerprint density at radius 1 is 1.33 bits per heavy atom. The van der Waals surface area contributed by atoms with Crippen molar-refractivity contribution < 1.29 is 13.9 Å². The van der Waals surface area contributed by atoms with Gasteiger partial charge < -0.3 is 9.64 Å². The predicted octanol–water partition coefficient (Wildman–Crippen LogP) is 4.26. The summed E-state index contributed by atoms with van der Waals surface area (Å²) in [5.74, 6) is -0.243. The van der Waals surface area contributed by atoms with Crippen molar-refractivity contribution in [1.82, 2.24) is 14.5 Å². The first-order valence-corrected chi connectivity index (χ1v) is 13.0. The van der Waals surface area contributed by atoms with Crippen LogP contribution in [0.25, 0.3) is 10.2 Å². The molecule has 0 bridgehead atoms. The predicted molar refractivity (Wildman–Crippen MR) is 131 cm³/mol. The lowest BCUT2D eigenvalue weighted by Crippen LogP contribution is -2.32. The van der Waals surface area contributed by atoms with E-state index in [1.54, 1.807) is 34.0 Å². The topological polar surface area (TPSA) is 64.4 Å².